The minimum Gasteiger partial charge on any atom is -0.479 e. The molecule has 0 aromatic rings. The molecule has 0 aromatic carbocycles. The van der Waals surface area contributed by atoms with Gasteiger partial charge in [0.05, 0.1) is 0 Å². The van der Waals surface area contributed by atoms with Crippen LogP contribution in [0.5, 0.6) is 0 Å². The fourth-order valence-corrected chi connectivity index (χ4v) is 2.38. The van der Waals surface area contributed by atoms with Crippen LogP contribution in [0, 0.1) is 0 Å². The number of aliphatic carboxylic acids is 2. The van der Waals surface area contributed by atoms with Crippen molar-refractivity contribution in [1.29, 1.82) is 0 Å². The zero-order chi connectivity index (χ0) is 17.0. The van der Waals surface area contributed by atoms with E-state index in [1.54, 1.807) is 0 Å². The molecule has 1 aliphatic rings. The Kier molecular flexibility index (Phi) is 6.79. The van der Waals surface area contributed by atoms with Gasteiger partial charge in [0.1, 0.15) is 0 Å². The summed E-state index contributed by atoms with van der Waals surface area (Å²) in [4.78, 5) is 22.1. The van der Waals surface area contributed by atoms with Crippen molar-refractivity contribution in [2.75, 3.05) is 7.05 Å². The highest BCUT2D eigenvalue weighted by molar-refractivity contribution is 5.83. The van der Waals surface area contributed by atoms with Gasteiger partial charge < -0.3 is 20.4 Å². The standard InChI is InChI=1S/C10H21N.C4H6O6/c1-9(2)7-6-8-10(3,4)11(9)5;5-1(3(7)8)2(6)4(9)10/h6-8H2,1-5H3;1-2,5-6H,(H,7,8)(H,9,10)/t;1-,2-/m.0/s1. The molecule has 7 heteroatoms. The van der Waals surface area contributed by atoms with Crippen LogP contribution in [0.15, 0.2) is 0 Å². The first-order chi connectivity index (χ1) is 9.33. The molecule has 0 bridgehead atoms. The maximum absolute atomic E-state index is 9.77. The molecule has 21 heavy (non-hydrogen) atoms. The number of rotatable bonds is 3. The molecule has 0 unspecified atom stereocenters. The predicted octanol–water partition coefficient (Wildman–Crippen LogP) is 0.537. The molecule has 0 aromatic heterocycles. The van der Waals surface area contributed by atoms with E-state index in [9.17, 15) is 9.59 Å². The topological polar surface area (TPSA) is 118 Å². The van der Waals surface area contributed by atoms with E-state index in [1.165, 1.54) is 19.3 Å². The quantitative estimate of drug-likeness (QED) is 0.601. The van der Waals surface area contributed by atoms with Gasteiger partial charge in [-0.25, -0.2) is 9.59 Å². The number of aliphatic hydroxyl groups excluding tert-OH is 2. The van der Waals surface area contributed by atoms with Crippen molar-refractivity contribution < 1.29 is 30.0 Å². The summed E-state index contributed by atoms with van der Waals surface area (Å²) in [6, 6.07) is 0. The number of piperidine rings is 1. The lowest BCUT2D eigenvalue weighted by molar-refractivity contribution is -0.165. The van der Waals surface area contributed by atoms with E-state index in [2.05, 4.69) is 39.6 Å². The molecule has 0 spiro atoms. The van der Waals surface area contributed by atoms with Crippen LogP contribution >= 0.6 is 0 Å². The summed E-state index contributed by atoms with van der Waals surface area (Å²) < 4.78 is 0. The Morgan fingerprint density at radius 1 is 0.905 bits per heavy atom. The van der Waals surface area contributed by atoms with Crippen LogP contribution in [0.2, 0.25) is 0 Å². The van der Waals surface area contributed by atoms with Crippen molar-refractivity contribution in [3.63, 3.8) is 0 Å². The summed E-state index contributed by atoms with van der Waals surface area (Å²) in [7, 11) is 2.25. The molecule has 1 fully saturated rings. The van der Waals surface area contributed by atoms with E-state index >= 15 is 0 Å². The lowest BCUT2D eigenvalue weighted by Crippen LogP contribution is -2.56. The minimum absolute atomic E-state index is 0.405. The molecule has 1 rings (SSSR count). The maximum atomic E-state index is 9.77. The average Bonchev–Trinajstić information content (AvgIpc) is 2.34. The third-order valence-corrected chi connectivity index (χ3v) is 4.20. The highest BCUT2D eigenvalue weighted by Crippen LogP contribution is 2.36. The number of likely N-dealkylation sites (tertiary alicyclic amines) is 1. The second kappa shape index (κ2) is 7.20. The Morgan fingerprint density at radius 3 is 1.38 bits per heavy atom. The first-order valence-corrected chi connectivity index (χ1v) is 6.88. The second-order valence-electron chi connectivity index (χ2n) is 6.60. The summed E-state index contributed by atoms with van der Waals surface area (Å²) in [5.74, 6) is -3.54. The molecule has 0 aliphatic carbocycles. The van der Waals surface area contributed by atoms with E-state index in [0.29, 0.717) is 11.1 Å². The Hall–Kier alpha value is -1.18. The van der Waals surface area contributed by atoms with Crippen LogP contribution in [-0.2, 0) is 9.59 Å². The fraction of sp³-hybridized carbons (Fsp3) is 0.857. The third-order valence-electron chi connectivity index (χ3n) is 4.20. The third kappa shape index (κ3) is 5.61. The van der Waals surface area contributed by atoms with E-state index < -0.39 is 24.1 Å². The molecular weight excluding hydrogens is 278 g/mol. The van der Waals surface area contributed by atoms with Gasteiger partial charge in [-0.2, -0.15) is 0 Å². The van der Waals surface area contributed by atoms with Crippen LogP contribution in [0.3, 0.4) is 0 Å². The number of carboxylic acid groups (broad SMARTS) is 2. The fourth-order valence-electron chi connectivity index (χ4n) is 2.38. The highest BCUT2D eigenvalue weighted by Gasteiger charge is 2.38. The monoisotopic (exact) mass is 305 g/mol. The average molecular weight is 305 g/mol. The molecule has 7 nitrogen and oxygen atoms in total. The SMILES string of the molecule is CN1C(C)(C)CCCC1(C)C.O=C(O)[C@@H](O)[C@H](O)C(=O)O. The Labute approximate surface area is 125 Å². The molecule has 1 aliphatic heterocycles. The first-order valence-electron chi connectivity index (χ1n) is 6.88. The van der Waals surface area contributed by atoms with E-state index in [-0.39, 0.29) is 0 Å². The Bertz CT molecular complexity index is 346. The van der Waals surface area contributed by atoms with Gasteiger partial charge in [-0.15, -0.1) is 0 Å². The summed E-state index contributed by atoms with van der Waals surface area (Å²) >= 11 is 0. The molecule has 2 atom stereocenters. The number of hydrogen-bond donors (Lipinski definition) is 4. The lowest BCUT2D eigenvalue weighted by atomic mass is 9.80. The Morgan fingerprint density at radius 2 is 1.19 bits per heavy atom. The molecule has 0 saturated carbocycles. The highest BCUT2D eigenvalue weighted by atomic mass is 16.4. The van der Waals surface area contributed by atoms with Crippen molar-refractivity contribution in [2.45, 2.75) is 70.2 Å². The number of nitrogens with zero attached hydrogens (tertiary/aromatic N) is 1. The normalized spacial score (nSPS) is 23.4. The number of hydrogen-bond acceptors (Lipinski definition) is 5. The second-order valence-corrected chi connectivity index (χ2v) is 6.60. The predicted molar refractivity (Wildman–Crippen MR) is 77.1 cm³/mol. The van der Waals surface area contributed by atoms with Crippen molar-refractivity contribution in [2.24, 2.45) is 0 Å². The van der Waals surface area contributed by atoms with Gasteiger partial charge in [0.2, 0.25) is 0 Å². The van der Waals surface area contributed by atoms with Crippen LogP contribution in [0.4, 0.5) is 0 Å². The van der Waals surface area contributed by atoms with E-state index in [4.69, 9.17) is 20.4 Å². The number of carbonyl (C=O) groups is 2. The lowest BCUT2D eigenvalue weighted by Gasteiger charge is -2.50. The first kappa shape index (κ1) is 19.8. The van der Waals surface area contributed by atoms with Crippen molar-refractivity contribution in [1.82, 2.24) is 4.90 Å². The van der Waals surface area contributed by atoms with E-state index in [1.807, 2.05) is 0 Å². The zero-order valence-corrected chi connectivity index (χ0v) is 13.3. The molecular formula is C14H27NO6. The van der Waals surface area contributed by atoms with Gasteiger partial charge in [0.25, 0.3) is 0 Å². The van der Waals surface area contributed by atoms with Crippen LogP contribution in [-0.4, -0.2) is 67.6 Å². The molecule has 1 heterocycles. The molecule has 4 N–H and O–H groups in total. The molecule has 0 radical (unpaired) electrons. The minimum atomic E-state index is -2.27. The van der Waals surface area contributed by atoms with Crippen LogP contribution in [0.1, 0.15) is 47.0 Å². The molecule has 124 valence electrons. The van der Waals surface area contributed by atoms with Crippen molar-refractivity contribution in [3.8, 4) is 0 Å². The number of carboxylic acids is 2. The summed E-state index contributed by atoms with van der Waals surface area (Å²) in [5.41, 5.74) is 0.809. The van der Waals surface area contributed by atoms with Gasteiger partial charge in [-0.05, 0) is 54.0 Å². The molecule has 0 amide bonds. The van der Waals surface area contributed by atoms with Gasteiger partial charge in [-0.3, -0.25) is 4.90 Å². The van der Waals surface area contributed by atoms with Crippen molar-refractivity contribution in [3.05, 3.63) is 0 Å². The maximum Gasteiger partial charge on any atom is 0.335 e. The van der Waals surface area contributed by atoms with Gasteiger partial charge in [-0.1, -0.05) is 0 Å². The van der Waals surface area contributed by atoms with Crippen LogP contribution < -0.4 is 0 Å². The molecule has 1 saturated heterocycles. The summed E-state index contributed by atoms with van der Waals surface area (Å²) in [6.45, 7) is 9.36. The van der Waals surface area contributed by atoms with Gasteiger partial charge in [0.15, 0.2) is 12.2 Å². The Balaban J connectivity index is 0.000000384. The summed E-state index contributed by atoms with van der Waals surface area (Å²) in [6.07, 6.45) is -0.473. The van der Waals surface area contributed by atoms with Crippen LogP contribution in [0.25, 0.3) is 0 Å². The van der Waals surface area contributed by atoms with Gasteiger partial charge in [0, 0.05) is 11.1 Å². The largest absolute Gasteiger partial charge is 0.479 e. The smallest absolute Gasteiger partial charge is 0.335 e. The summed E-state index contributed by atoms with van der Waals surface area (Å²) in [5, 5.41) is 32.5. The number of aliphatic hydroxyl groups is 2. The zero-order valence-electron chi connectivity index (χ0n) is 13.3. The van der Waals surface area contributed by atoms with Crippen molar-refractivity contribution >= 4 is 11.9 Å². The van der Waals surface area contributed by atoms with Gasteiger partial charge >= 0.3 is 11.9 Å². The van der Waals surface area contributed by atoms with E-state index in [0.717, 1.165) is 0 Å².